The van der Waals surface area contributed by atoms with Gasteiger partial charge in [0.15, 0.2) is 0 Å². The summed E-state index contributed by atoms with van der Waals surface area (Å²) < 4.78 is 7.06. The maximum atomic E-state index is 12.2. The summed E-state index contributed by atoms with van der Waals surface area (Å²) in [6, 6.07) is 9.30. The fourth-order valence-corrected chi connectivity index (χ4v) is 2.62. The van der Waals surface area contributed by atoms with Gasteiger partial charge in [-0.1, -0.05) is 12.1 Å². The number of aliphatic hydroxyl groups is 1. The molecule has 1 fully saturated rings. The van der Waals surface area contributed by atoms with Crippen LogP contribution >= 0.6 is 0 Å². The Kier molecular flexibility index (Phi) is 4.73. The highest BCUT2D eigenvalue weighted by Gasteiger charge is 2.30. The number of aromatic nitrogens is 2. The van der Waals surface area contributed by atoms with Crippen molar-refractivity contribution in [3.05, 3.63) is 53.9 Å². The molecule has 0 radical (unpaired) electrons. The first-order chi connectivity index (χ1) is 11.1. The molecule has 1 aromatic carbocycles. The standard InChI is InChI=1S/C17H21N3O3/c21-16(18-13-17(22)6-10-23-11-7-17)15-4-2-14(3-5-15)12-20-9-1-8-19-20/h1-5,8-9,22H,6-7,10-13H2,(H,18,21). The summed E-state index contributed by atoms with van der Waals surface area (Å²) in [4.78, 5) is 12.2. The van der Waals surface area contributed by atoms with E-state index in [1.165, 1.54) is 0 Å². The molecule has 1 saturated heterocycles. The van der Waals surface area contributed by atoms with Gasteiger partial charge in [-0.2, -0.15) is 5.10 Å². The molecular weight excluding hydrogens is 294 g/mol. The number of rotatable bonds is 5. The molecule has 2 aromatic rings. The van der Waals surface area contributed by atoms with Crippen LogP contribution in [-0.2, 0) is 11.3 Å². The molecule has 122 valence electrons. The van der Waals surface area contributed by atoms with Gasteiger partial charge in [-0.25, -0.2) is 0 Å². The minimum absolute atomic E-state index is 0.171. The average molecular weight is 315 g/mol. The predicted molar refractivity (Wildman–Crippen MR) is 85.1 cm³/mol. The van der Waals surface area contributed by atoms with E-state index in [1.807, 2.05) is 29.1 Å². The third-order valence-electron chi connectivity index (χ3n) is 4.12. The van der Waals surface area contributed by atoms with E-state index in [4.69, 9.17) is 4.74 Å². The fourth-order valence-electron chi connectivity index (χ4n) is 2.62. The number of carbonyl (C=O) groups is 1. The maximum absolute atomic E-state index is 12.2. The van der Waals surface area contributed by atoms with Crippen LogP contribution in [0.3, 0.4) is 0 Å². The van der Waals surface area contributed by atoms with Crippen molar-refractivity contribution in [2.24, 2.45) is 0 Å². The molecule has 0 atom stereocenters. The highest BCUT2D eigenvalue weighted by Crippen LogP contribution is 2.19. The molecule has 1 amide bonds. The normalized spacial score (nSPS) is 16.9. The van der Waals surface area contributed by atoms with E-state index in [0.29, 0.717) is 38.2 Å². The van der Waals surface area contributed by atoms with Gasteiger partial charge < -0.3 is 15.2 Å². The Morgan fingerprint density at radius 3 is 2.70 bits per heavy atom. The number of hydrogen-bond acceptors (Lipinski definition) is 4. The van der Waals surface area contributed by atoms with Crippen LogP contribution in [0.4, 0.5) is 0 Å². The molecule has 1 aliphatic heterocycles. The monoisotopic (exact) mass is 315 g/mol. The van der Waals surface area contributed by atoms with Crippen LogP contribution in [0.2, 0.25) is 0 Å². The predicted octanol–water partition coefficient (Wildman–Crippen LogP) is 1.20. The molecule has 0 saturated carbocycles. The van der Waals surface area contributed by atoms with Gasteiger partial charge in [0.05, 0.1) is 12.1 Å². The van der Waals surface area contributed by atoms with Gasteiger partial charge >= 0.3 is 0 Å². The van der Waals surface area contributed by atoms with E-state index in [0.717, 1.165) is 5.56 Å². The Bertz CT molecular complexity index is 632. The quantitative estimate of drug-likeness (QED) is 0.869. The lowest BCUT2D eigenvalue weighted by atomic mass is 9.94. The largest absolute Gasteiger partial charge is 0.388 e. The molecule has 1 aromatic heterocycles. The molecule has 1 aliphatic rings. The Balaban J connectivity index is 1.55. The summed E-state index contributed by atoms with van der Waals surface area (Å²) in [6.07, 6.45) is 4.74. The summed E-state index contributed by atoms with van der Waals surface area (Å²) in [5.74, 6) is -0.171. The molecule has 2 N–H and O–H groups in total. The van der Waals surface area contributed by atoms with Gasteiger partial charge in [0.25, 0.3) is 5.91 Å². The average Bonchev–Trinajstić information content (AvgIpc) is 3.07. The van der Waals surface area contributed by atoms with Crippen LogP contribution < -0.4 is 5.32 Å². The van der Waals surface area contributed by atoms with E-state index in [-0.39, 0.29) is 12.5 Å². The van der Waals surface area contributed by atoms with Gasteiger partial charge in [-0.05, 0) is 23.8 Å². The third kappa shape index (κ3) is 4.18. The lowest BCUT2D eigenvalue weighted by Gasteiger charge is -2.32. The lowest BCUT2D eigenvalue weighted by Crippen LogP contribution is -2.46. The van der Waals surface area contributed by atoms with Crippen LogP contribution in [0.25, 0.3) is 0 Å². The third-order valence-corrected chi connectivity index (χ3v) is 4.12. The minimum Gasteiger partial charge on any atom is -0.388 e. The van der Waals surface area contributed by atoms with Crippen LogP contribution in [0, 0.1) is 0 Å². The van der Waals surface area contributed by atoms with Gasteiger partial charge in [0.1, 0.15) is 0 Å². The summed E-state index contributed by atoms with van der Waals surface area (Å²) in [7, 11) is 0. The first kappa shape index (κ1) is 15.7. The van der Waals surface area contributed by atoms with Crippen molar-refractivity contribution in [2.75, 3.05) is 19.8 Å². The van der Waals surface area contributed by atoms with E-state index in [9.17, 15) is 9.90 Å². The Morgan fingerprint density at radius 1 is 1.30 bits per heavy atom. The summed E-state index contributed by atoms with van der Waals surface area (Å²) >= 11 is 0. The van der Waals surface area contributed by atoms with Gasteiger partial charge in [-0.15, -0.1) is 0 Å². The highest BCUT2D eigenvalue weighted by atomic mass is 16.5. The first-order valence-corrected chi connectivity index (χ1v) is 7.79. The molecule has 0 bridgehead atoms. The topological polar surface area (TPSA) is 76.4 Å². The van der Waals surface area contributed by atoms with Gasteiger partial charge in [0.2, 0.25) is 0 Å². The molecule has 23 heavy (non-hydrogen) atoms. The number of benzene rings is 1. The van der Waals surface area contributed by atoms with Crippen molar-refractivity contribution in [1.82, 2.24) is 15.1 Å². The highest BCUT2D eigenvalue weighted by molar-refractivity contribution is 5.94. The summed E-state index contributed by atoms with van der Waals surface area (Å²) in [6.45, 7) is 2.00. The number of nitrogens with one attached hydrogen (secondary N) is 1. The van der Waals surface area contributed by atoms with Crippen LogP contribution in [0.1, 0.15) is 28.8 Å². The zero-order chi connectivity index (χ0) is 16.1. The molecule has 0 spiro atoms. The second-order valence-corrected chi connectivity index (χ2v) is 5.92. The van der Waals surface area contributed by atoms with Crippen molar-refractivity contribution in [3.8, 4) is 0 Å². The number of amides is 1. The van der Waals surface area contributed by atoms with Crippen molar-refractivity contribution in [1.29, 1.82) is 0 Å². The Morgan fingerprint density at radius 2 is 2.04 bits per heavy atom. The molecule has 0 aliphatic carbocycles. The molecule has 6 nitrogen and oxygen atoms in total. The SMILES string of the molecule is O=C(NCC1(O)CCOCC1)c1ccc(Cn2cccn2)cc1. The van der Waals surface area contributed by atoms with E-state index in [1.54, 1.807) is 18.3 Å². The number of hydrogen-bond donors (Lipinski definition) is 2. The summed E-state index contributed by atoms with van der Waals surface area (Å²) in [5, 5.41) is 17.3. The van der Waals surface area contributed by atoms with E-state index >= 15 is 0 Å². The second-order valence-electron chi connectivity index (χ2n) is 5.92. The van der Waals surface area contributed by atoms with Crippen LogP contribution in [0.5, 0.6) is 0 Å². The molecule has 6 heteroatoms. The van der Waals surface area contributed by atoms with Gasteiger partial charge in [-0.3, -0.25) is 9.48 Å². The molecule has 0 unspecified atom stereocenters. The summed E-state index contributed by atoms with van der Waals surface area (Å²) in [5.41, 5.74) is 0.812. The lowest BCUT2D eigenvalue weighted by molar-refractivity contribution is -0.0605. The Hall–Kier alpha value is -2.18. The zero-order valence-electron chi connectivity index (χ0n) is 12.9. The van der Waals surface area contributed by atoms with E-state index in [2.05, 4.69) is 10.4 Å². The maximum Gasteiger partial charge on any atom is 0.251 e. The number of carbonyl (C=O) groups excluding carboxylic acids is 1. The molecular formula is C17H21N3O3. The number of ether oxygens (including phenoxy) is 1. The smallest absolute Gasteiger partial charge is 0.251 e. The number of nitrogens with zero attached hydrogens (tertiary/aromatic N) is 2. The molecule has 2 heterocycles. The minimum atomic E-state index is -0.853. The molecule has 3 rings (SSSR count). The van der Waals surface area contributed by atoms with E-state index < -0.39 is 5.60 Å². The Labute approximate surface area is 135 Å². The zero-order valence-corrected chi connectivity index (χ0v) is 12.9. The van der Waals surface area contributed by atoms with Gasteiger partial charge in [0, 0.05) is 50.6 Å². The second kappa shape index (κ2) is 6.93. The van der Waals surface area contributed by atoms with Crippen LogP contribution in [-0.4, -0.2) is 46.2 Å². The van der Waals surface area contributed by atoms with Crippen molar-refractivity contribution in [2.45, 2.75) is 25.0 Å². The van der Waals surface area contributed by atoms with Crippen molar-refractivity contribution in [3.63, 3.8) is 0 Å². The fraction of sp³-hybridized carbons (Fsp3) is 0.412. The first-order valence-electron chi connectivity index (χ1n) is 7.79. The van der Waals surface area contributed by atoms with Crippen molar-refractivity contribution < 1.29 is 14.6 Å². The van der Waals surface area contributed by atoms with Crippen molar-refractivity contribution >= 4 is 5.91 Å². The van der Waals surface area contributed by atoms with Crippen LogP contribution in [0.15, 0.2) is 42.7 Å².